The summed E-state index contributed by atoms with van der Waals surface area (Å²) in [7, 11) is 1.59. The number of carbonyl (C=O) groups is 2. The molecule has 0 spiro atoms. The molecule has 1 amide bonds. The third-order valence-electron chi connectivity index (χ3n) is 4.17. The number of ether oxygens (including phenoxy) is 3. The number of rotatable bonds is 5. The number of carbonyl (C=O) groups excluding carboxylic acids is 2. The summed E-state index contributed by atoms with van der Waals surface area (Å²) in [5.41, 5.74) is 1.33. The number of methoxy groups -OCH3 is 1. The number of hydrogen-bond donors (Lipinski definition) is 0. The van der Waals surface area contributed by atoms with E-state index in [9.17, 15) is 9.59 Å². The van der Waals surface area contributed by atoms with Gasteiger partial charge in [0.05, 0.1) is 20.3 Å². The van der Waals surface area contributed by atoms with Crippen molar-refractivity contribution in [3.63, 3.8) is 0 Å². The number of allylic oxidation sites excluding steroid dienone is 1. The maximum absolute atomic E-state index is 12.3. The zero-order chi connectivity index (χ0) is 19.1. The molecule has 1 fully saturated rings. The number of para-hydroxylation sites is 1. The Kier molecular flexibility index (Phi) is 6.22. The molecule has 0 N–H and O–H groups in total. The fourth-order valence-corrected chi connectivity index (χ4v) is 2.66. The van der Waals surface area contributed by atoms with Gasteiger partial charge in [0.25, 0.3) is 0 Å². The summed E-state index contributed by atoms with van der Waals surface area (Å²) in [6.07, 6.45) is 2.80. The van der Waals surface area contributed by atoms with Crippen LogP contribution in [-0.2, 0) is 4.74 Å². The van der Waals surface area contributed by atoms with Gasteiger partial charge in [-0.25, -0.2) is 4.79 Å². The predicted molar refractivity (Wildman–Crippen MR) is 101 cm³/mol. The lowest BCUT2D eigenvalue weighted by Crippen LogP contribution is -2.42. The number of hydrogen-bond acceptors (Lipinski definition) is 5. The van der Waals surface area contributed by atoms with E-state index in [1.807, 2.05) is 24.3 Å². The Balaban J connectivity index is 1.61. The quantitative estimate of drug-likeness (QED) is 0.598. The number of amides is 1. The molecule has 1 aliphatic rings. The normalized spacial score (nSPS) is 14.2. The Morgan fingerprint density at radius 2 is 1.74 bits per heavy atom. The lowest BCUT2D eigenvalue weighted by atomic mass is 10.1. The van der Waals surface area contributed by atoms with Crippen molar-refractivity contribution in [1.29, 1.82) is 0 Å². The third-order valence-corrected chi connectivity index (χ3v) is 4.17. The van der Waals surface area contributed by atoms with E-state index < -0.39 is 6.09 Å². The lowest BCUT2D eigenvalue weighted by Gasteiger charge is -2.25. The van der Waals surface area contributed by atoms with Crippen LogP contribution in [0.1, 0.15) is 15.9 Å². The minimum atomic E-state index is -0.409. The molecule has 0 aromatic heterocycles. The Labute approximate surface area is 158 Å². The van der Waals surface area contributed by atoms with Gasteiger partial charge in [-0.2, -0.15) is 0 Å². The highest BCUT2D eigenvalue weighted by Crippen LogP contribution is 2.19. The molecular weight excluding hydrogens is 346 g/mol. The molecule has 6 nitrogen and oxygen atoms in total. The van der Waals surface area contributed by atoms with Crippen LogP contribution >= 0.6 is 0 Å². The van der Waals surface area contributed by atoms with Gasteiger partial charge in [-0.3, -0.25) is 4.79 Å². The summed E-state index contributed by atoms with van der Waals surface area (Å²) in [4.78, 5) is 26.0. The van der Waals surface area contributed by atoms with Crippen LogP contribution in [-0.4, -0.2) is 50.2 Å². The SMILES string of the molecule is COc1ccccc1C=CC(=O)c1ccc(OC(=O)N2CCOCC2)cc1. The maximum atomic E-state index is 12.3. The van der Waals surface area contributed by atoms with Gasteiger partial charge >= 0.3 is 6.09 Å². The standard InChI is InChI=1S/C21H21NO5/c1-25-20-5-3-2-4-17(20)8-11-19(23)16-6-9-18(10-7-16)27-21(24)22-12-14-26-15-13-22/h2-11H,12-15H2,1H3. The van der Waals surface area contributed by atoms with Crippen LogP contribution in [0, 0.1) is 0 Å². The summed E-state index contributed by atoms with van der Waals surface area (Å²) in [5.74, 6) is 0.954. The van der Waals surface area contributed by atoms with Crippen LogP contribution in [0.4, 0.5) is 4.79 Å². The molecule has 3 rings (SSSR count). The van der Waals surface area contributed by atoms with Crippen molar-refractivity contribution >= 4 is 18.0 Å². The van der Waals surface area contributed by atoms with Crippen molar-refractivity contribution in [1.82, 2.24) is 4.90 Å². The first-order valence-electron chi connectivity index (χ1n) is 8.67. The van der Waals surface area contributed by atoms with E-state index in [1.54, 1.807) is 42.4 Å². The van der Waals surface area contributed by atoms with Crippen molar-refractivity contribution in [2.75, 3.05) is 33.4 Å². The Bertz CT molecular complexity index is 823. The molecule has 6 heteroatoms. The van der Waals surface area contributed by atoms with Gasteiger partial charge < -0.3 is 19.1 Å². The minimum Gasteiger partial charge on any atom is -0.496 e. The van der Waals surface area contributed by atoms with Crippen LogP contribution < -0.4 is 9.47 Å². The molecule has 140 valence electrons. The first kappa shape index (κ1) is 18.7. The topological polar surface area (TPSA) is 65.1 Å². The highest BCUT2D eigenvalue weighted by atomic mass is 16.6. The van der Waals surface area contributed by atoms with Gasteiger partial charge in [-0.15, -0.1) is 0 Å². The molecule has 2 aromatic rings. The lowest BCUT2D eigenvalue weighted by molar-refractivity contribution is 0.0416. The first-order chi connectivity index (χ1) is 13.2. The van der Waals surface area contributed by atoms with Crippen LogP contribution in [0.3, 0.4) is 0 Å². The van der Waals surface area contributed by atoms with E-state index in [0.717, 1.165) is 5.56 Å². The summed E-state index contributed by atoms with van der Waals surface area (Å²) in [6, 6.07) is 14.0. The molecule has 0 bridgehead atoms. The molecule has 0 unspecified atom stereocenters. The summed E-state index contributed by atoms with van der Waals surface area (Å²) < 4.78 is 15.8. The molecule has 27 heavy (non-hydrogen) atoms. The van der Waals surface area contributed by atoms with Crippen molar-refractivity contribution in [3.8, 4) is 11.5 Å². The van der Waals surface area contributed by atoms with Crippen LogP contribution in [0.2, 0.25) is 0 Å². The highest BCUT2D eigenvalue weighted by Gasteiger charge is 2.18. The zero-order valence-corrected chi connectivity index (χ0v) is 15.1. The number of morpholine rings is 1. The number of ketones is 1. The molecule has 0 radical (unpaired) electrons. The van der Waals surface area contributed by atoms with E-state index in [1.165, 1.54) is 6.08 Å². The van der Waals surface area contributed by atoms with Gasteiger partial charge in [0.15, 0.2) is 5.78 Å². The Morgan fingerprint density at radius 1 is 1.04 bits per heavy atom. The van der Waals surface area contributed by atoms with Crippen molar-refractivity contribution in [2.24, 2.45) is 0 Å². The smallest absolute Gasteiger partial charge is 0.415 e. The van der Waals surface area contributed by atoms with Crippen molar-refractivity contribution in [3.05, 3.63) is 65.7 Å². The fourth-order valence-electron chi connectivity index (χ4n) is 2.66. The third kappa shape index (κ3) is 4.95. The summed E-state index contributed by atoms with van der Waals surface area (Å²) in [6.45, 7) is 2.06. The molecule has 0 aliphatic carbocycles. The first-order valence-corrected chi connectivity index (χ1v) is 8.67. The molecule has 0 atom stereocenters. The molecule has 2 aromatic carbocycles. The zero-order valence-electron chi connectivity index (χ0n) is 15.1. The fraction of sp³-hybridized carbons (Fsp3) is 0.238. The van der Waals surface area contributed by atoms with Crippen molar-refractivity contribution < 1.29 is 23.8 Å². The Hall–Kier alpha value is -3.12. The Morgan fingerprint density at radius 3 is 2.44 bits per heavy atom. The van der Waals surface area contributed by atoms with Gasteiger partial charge in [-0.05, 0) is 42.5 Å². The van der Waals surface area contributed by atoms with Crippen LogP contribution in [0.25, 0.3) is 6.08 Å². The number of nitrogens with zero attached hydrogens (tertiary/aromatic N) is 1. The second-order valence-corrected chi connectivity index (χ2v) is 5.93. The van der Waals surface area contributed by atoms with E-state index in [-0.39, 0.29) is 5.78 Å². The molecule has 0 saturated carbocycles. The average molecular weight is 367 g/mol. The van der Waals surface area contributed by atoms with Gasteiger partial charge in [-0.1, -0.05) is 18.2 Å². The predicted octanol–water partition coefficient (Wildman–Crippen LogP) is 3.42. The van der Waals surface area contributed by atoms with Crippen LogP contribution in [0.15, 0.2) is 54.6 Å². The minimum absolute atomic E-state index is 0.146. The monoisotopic (exact) mass is 367 g/mol. The van der Waals surface area contributed by atoms with E-state index >= 15 is 0 Å². The largest absolute Gasteiger partial charge is 0.496 e. The van der Waals surface area contributed by atoms with Crippen LogP contribution in [0.5, 0.6) is 11.5 Å². The summed E-state index contributed by atoms with van der Waals surface area (Å²) in [5, 5.41) is 0. The maximum Gasteiger partial charge on any atom is 0.415 e. The van der Waals surface area contributed by atoms with Gasteiger partial charge in [0.1, 0.15) is 11.5 Å². The number of benzene rings is 2. The molecule has 1 heterocycles. The summed E-state index contributed by atoms with van der Waals surface area (Å²) >= 11 is 0. The van der Waals surface area contributed by atoms with E-state index in [2.05, 4.69) is 0 Å². The average Bonchev–Trinajstić information content (AvgIpc) is 2.73. The van der Waals surface area contributed by atoms with E-state index in [4.69, 9.17) is 14.2 Å². The second-order valence-electron chi connectivity index (χ2n) is 5.93. The molecule has 1 saturated heterocycles. The van der Waals surface area contributed by atoms with Gasteiger partial charge in [0.2, 0.25) is 0 Å². The second kappa shape index (κ2) is 9.00. The van der Waals surface area contributed by atoms with E-state index in [0.29, 0.717) is 43.4 Å². The highest BCUT2D eigenvalue weighted by molar-refractivity contribution is 6.07. The molecule has 1 aliphatic heterocycles. The van der Waals surface area contributed by atoms with Crippen molar-refractivity contribution in [2.45, 2.75) is 0 Å². The molecular formula is C21H21NO5. The van der Waals surface area contributed by atoms with Gasteiger partial charge in [0, 0.05) is 24.2 Å².